The van der Waals surface area contributed by atoms with Gasteiger partial charge in [0.05, 0.1) is 19.4 Å². The zero-order chi connectivity index (χ0) is 14.5. The molecule has 1 aliphatic heterocycles. The molecule has 0 radical (unpaired) electrons. The Morgan fingerprint density at radius 1 is 1.35 bits per heavy atom. The number of nitrogens with two attached hydrogens (primary N) is 1. The fourth-order valence-corrected chi connectivity index (χ4v) is 2.63. The summed E-state index contributed by atoms with van der Waals surface area (Å²) in [6, 6.07) is 5.77. The number of hydrogen-bond acceptors (Lipinski definition) is 5. The van der Waals surface area contributed by atoms with E-state index in [9.17, 15) is 0 Å². The Labute approximate surface area is 124 Å². The van der Waals surface area contributed by atoms with Crippen LogP contribution >= 0.6 is 12.2 Å². The first-order chi connectivity index (χ1) is 9.65. The molecule has 5 nitrogen and oxygen atoms in total. The van der Waals surface area contributed by atoms with Crippen LogP contribution < -0.4 is 15.4 Å². The first-order valence-electron chi connectivity index (χ1n) is 6.71. The lowest BCUT2D eigenvalue weighted by Gasteiger charge is -2.36. The fourth-order valence-electron chi connectivity index (χ4n) is 2.46. The van der Waals surface area contributed by atoms with E-state index in [1.54, 1.807) is 7.11 Å². The third-order valence-corrected chi connectivity index (χ3v) is 3.82. The normalized spacial score (nSPS) is 16.2. The number of aliphatic hydroxyl groups is 1. The van der Waals surface area contributed by atoms with Gasteiger partial charge < -0.3 is 20.5 Å². The molecule has 1 aromatic rings. The molecule has 0 atom stereocenters. The number of rotatable bonds is 5. The zero-order valence-electron chi connectivity index (χ0n) is 11.7. The lowest BCUT2D eigenvalue weighted by atomic mass is 10.1. The SMILES string of the molecule is COc1ccc(C(N)=S)c(N2CCN(CCO)CC2)c1. The summed E-state index contributed by atoms with van der Waals surface area (Å²) in [5.41, 5.74) is 7.72. The van der Waals surface area contributed by atoms with Crippen LogP contribution in [0.1, 0.15) is 5.56 Å². The molecule has 1 saturated heterocycles. The second-order valence-corrected chi connectivity index (χ2v) is 5.24. The first kappa shape index (κ1) is 15.0. The summed E-state index contributed by atoms with van der Waals surface area (Å²) in [6.07, 6.45) is 0. The van der Waals surface area contributed by atoms with E-state index in [1.807, 2.05) is 18.2 Å². The van der Waals surface area contributed by atoms with Crippen LogP contribution in [-0.2, 0) is 0 Å². The number of piperazine rings is 1. The van der Waals surface area contributed by atoms with Crippen LogP contribution in [0.3, 0.4) is 0 Å². The predicted molar refractivity (Wildman–Crippen MR) is 84.6 cm³/mol. The Morgan fingerprint density at radius 2 is 2.05 bits per heavy atom. The molecule has 1 fully saturated rings. The Bertz CT molecular complexity index is 473. The molecular weight excluding hydrogens is 274 g/mol. The summed E-state index contributed by atoms with van der Waals surface area (Å²) < 4.78 is 5.29. The van der Waals surface area contributed by atoms with Crippen molar-refractivity contribution in [3.63, 3.8) is 0 Å². The largest absolute Gasteiger partial charge is 0.497 e. The van der Waals surface area contributed by atoms with Crippen molar-refractivity contribution >= 4 is 22.9 Å². The second kappa shape index (κ2) is 6.88. The third-order valence-electron chi connectivity index (χ3n) is 3.60. The van der Waals surface area contributed by atoms with E-state index in [2.05, 4.69) is 9.80 Å². The minimum atomic E-state index is 0.206. The standard InChI is InChI=1S/C14H21N3O2S/c1-19-11-2-3-12(14(15)20)13(10-11)17-6-4-16(5-7-17)8-9-18/h2-3,10,18H,4-9H2,1H3,(H2,15,20). The van der Waals surface area contributed by atoms with Crippen LogP contribution in [0.4, 0.5) is 5.69 Å². The Hall–Kier alpha value is -1.37. The van der Waals surface area contributed by atoms with Gasteiger partial charge in [0.1, 0.15) is 10.7 Å². The molecule has 0 aliphatic carbocycles. The van der Waals surface area contributed by atoms with Crippen molar-refractivity contribution in [3.8, 4) is 5.75 Å². The Morgan fingerprint density at radius 3 is 2.60 bits per heavy atom. The summed E-state index contributed by atoms with van der Waals surface area (Å²) in [6.45, 7) is 4.57. The Balaban J connectivity index is 2.17. The van der Waals surface area contributed by atoms with Crippen molar-refractivity contribution in [2.75, 3.05) is 51.3 Å². The average molecular weight is 295 g/mol. The average Bonchev–Trinajstić information content (AvgIpc) is 2.47. The number of β-amino-alcohol motifs (C(OH)–C–C–N with tert-alkyl or cyclic N) is 1. The summed E-state index contributed by atoms with van der Waals surface area (Å²) in [5.74, 6) is 0.804. The van der Waals surface area contributed by atoms with Gasteiger partial charge in [-0.05, 0) is 12.1 Å². The number of benzene rings is 1. The highest BCUT2D eigenvalue weighted by Gasteiger charge is 2.20. The molecule has 1 heterocycles. The van der Waals surface area contributed by atoms with Gasteiger partial charge in [-0.1, -0.05) is 12.2 Å². The van der Waals surface area contributed by atoms with Gasteiger partial charge in [0.25, 0.3) is 0 Å². The molecule has 0 spiro atoms. The van der Waals surface area contributed by atoms with Gasteiger partial charge >= 0.3 is 0 Å². The van der Waals surface area contributed by atoms with Crippen LogP contribution in [-0.4, -0.2) is 61.4 Å². The molecule has 3 N–H and O–H groups in total. The van der Waals surface area contributed by atoms with Crippen LogP contribution in [0.5, 0.6) is 5.75 Å². The summed E-state index contributed by atoms with van der Waals surface area (Å²) in [7, 11) is 1.65. The highest BCUT2D eigenvalue weighted by atomic mass is 32.1. The van der Waals surface area contributed by atoms with Crippen molar-refractivity contribution in [2.24, 2.45) is 5.73 Å². The topological polar surface area (TPSA) is 62.0 Å². The summed E-state index contributed by atoms with van der Waals surface area (Å²) >= 11 is 5.13. The maximum Gasteiger partial charge on any atom is 0.120 e. The van der Waals surface area contributed by atoms with Crippen molar-refractivity contribution in [2.45, 2.75) is 0 Å². The van der Waals surface area contributed by atoms with Crippen LogP contribution in [0, 0.1) is 0 Å². The Kier molecular flexibility index (Phi) is 5.17. The van der Waals surface area contributed by atoms with Gasteiger partial charge in [-0.3, -0.25) is 4.90 Å². The maximum atomic E-state index is 8.98. The molecule has 20 heavy (non-hydrogen) atoms. The minimum Gasteiger partial charge on any atom is -0.497 e. The summed E-state index contributed by atoms with van der Waals surface area (Å²) in [5, 5.41) is 8.98. The van der Waals surface area contributed by atoms with Crippen molar-refractivity contribution < 1.29 is 9.84 Å². The predicted octanol–water partition coefficient (Wildman–Crippen LogP) is 0.444. The molecule has 0 aromatic heterocycles. The highest BCUT2D eigenvalue weighted by molar-refractivity contribution is 7.80. The highest BCUT2D eigenvalue weighted by Crippen LogP contribution is 2.27. The van der Waals surface area contributed by atoms with Gasteiger partial charge in [0.15, 0.2) is 0 Å². The van der Waals surface area contributed by atoms with Gasteiger partial charge in [-0.25, -0.2) is 0 Å². The van der Waals surface area contributed by atoms with Crippen molar-refractivity contribution in [1.29, 1.82) is 0 Å². The minimum absolute atomic E-state index is 0.206. The molecular formula is C14H21N3O2S. The quantitative estimate of drug-likeness (QED) is 0.769. The lowest BCUT2D eigenvalue weighted by molar-refractivity contribution is 0.189. The number of nitrogens with zero attached hydrogens (tertiary/aromatic N) is 2. The van der Waals surface area contributed by atoms with E-state index < -0.39 is 0 Å². The fraction of sp³-hybridized carbons (Fsp3) is 0.500. The van der Waals surface area contributed by atoms with E-state index in [-0.39, 0.29) is 6.61 Å². The molecule has 0 unspecified atom stereocenters. The molecule has 0 amide bonds. The molecule has 0 saturated carbocycles. The number of anilines is 1. The molecule has 0 bridgehead atoms. The number of thiocarbonyl (C=S) groups is 1. The maximum absolute atomic E-state index is 8.98. The van der Waals surface area contributed by atoms with Crippen LogP contribution in [0.25, 0.3) is 0 Å². The molecule has 6 heteroatoms. The monoisotopic (exact) mass is 295 g/mol. The molecule has 2 rings (SSSR count). The zero-order valence-corrected chi connectivity index (χ0v) is 12.5. The number of aliphatic hydroxyl groups excluding tert-OH is 1. The van der Waals surface area contributed by atoms with Gasteiger partial charge in [0, 0.05) is 44.4 Å². The second-order valence-electron chi connectivity index (χ2n) is 4.80. The van der Waals surface area contributed by atoms with Gasteiger partial charge in [-0.15, -0.1) is 0 Å². The van der Waals surface area contributed by atoms with E-state index in [0.29, 0.717) is 4.99 Å². The van der Waals surface area contributed by atoms with Gasteiger partial charge in [0.2, 0.25) is 0 Å². The van der Waals surface area contributed by atoms with E-state index in [0.717, 1.165) is 49.7 Å². The molecule has 1 aliphatic rings. The van der Waals surface area contributed by atoms with E-state index in [1.165, 1.54) is 0 Å². The number of hydrogen-bond donors (Lipinski definition) is 2. The molecule has 1 aromatic carbocycles. The van der Waals surface area contributed by atoms with E-state index >= 15 is 0 Å². The first-order valence-corrected chi connectivity index (χ1v) is 7.12. The number of ether oxygens (including phenoxy) is 1. The van der Waals surface area contributed by atoms with Gasteiger partial charge in [-0.2, -0.15) is 0 Å². The summed E-state index contributed by atoms with van der Waals surface area (Å²) in [4.78, 5) is 4.92. The van der Waals surface area contributed by atoms with Crippen molar-refractivity contribution in [1.82, 2.24) is 4.90 Å². The molecule has 110 valence electrons. The van der Waals surface area contributed by atoms with E-state index in [4.69, 9.17) is 27.8 Å². The smallest absolute Gasteiger partial charge is 0.120 e. The lowest BCUT2D eigenvalue weighted by Crippen LogP contribution is -2.47. The van der Waals surface area contributed by atoms with Crippen LogP contribution in [0.15, 0.2) is 18.2 Å². The number of methoxy groups -OCH3 is 1. The third kappa shape index (κ3) is 3.39. The van der Waals surface area contributed by atoms with Crippen molar-refractivity contribution in [3.05, 3.63) is 23.8 Å². The van der Waals surface area contributed by atoms with Crippen LogP contribution in [0.2, 0.25) is 0 Å².